The Bertz CT molecular complexity index is 653. The first kappa shape index (κ1) is 13.3. The van der Waals surface area contributed by atoms with Crippen molar-refractivity contribution >= 4 is 28.9 Å². The second-order valence-electron chi connectivity index (χ2n) is 5.23. The van der Waals surface area contributed by atoms with Gasteiger partial charge in [-0.3, -0.25) is 19.7 Å². The molecule has 0 atom stereocenters. The van der Waals surface area contributed by atoms with Crippen LogP contribution in [0.4, 0.5) is 17.1 Å². The maximum absolute atomic E-state index is 11.4. The minimum atomic E-state index is -1.04. The first-order valence-electron chi connectivity index (χ1n) is 6.55. The van der Waals surface area contributed by atoms with Gasteiger partial charge < -0.3 is 15.3 Å². The van der Waals surface area contributed by atoms with E-state index in [-0.39, 0.29) is 36.3 Å². The summed E-state index contributed by atoms with van der Waals surface area (Å²) in [7, 11) is 0. The molecule has 1 aliphatic carbocycles. The molecule has 8 heteroatoms. The van der Waals surface area contributed by atoms with Gasteiger partial charge in [0, 0.05) is 17.8 Å². The number of aliphatic carboxylic acids is 1. The van der Waals surface area contributed by atoms with E-state index in [1.54, 1.807) is 0 Å². The van der Waals surface area contributed by atoms with Gasteiger partial charge in [0.1, 0.15) is 12.2 Å². The van der Waals surface area contributed by atoms with Gasteiger partial charge in [-0.05, 0) is 24.5 Å². The van der Waals surface area contributed by atoms with Crippen LogP contribution in [0.15, 0.2) is 12.1 Å². The molecule has 0 aromatic heterocycles. The van der Waals surface area contributed by atoms with Gasteiger partial charge in [0.15, 0.2) is 0 Å². The molecule has 1 amide bonds. The van der Waals surface area contributed by atoms with Crippen LogP contribution in [0.3, 0.4) is 0 Å². The van der Waals surface area contributed by atoms with Gasteiger partial charge in [0.25, 0.3) is 5.69 Å². The van der Waals surface area contributed by atoms with Crippen molar-refractivity contribution in [2.45, 2.75) is 25.3 Å². The lowest BCUT2D eigenvalue weighted by Crippen LogP contribution is -2.32. The molecule has 8 nitrogen and oxygen atoms in total. The van der Waals surface area contributed by atoms with E-state index in [9.17, 15) is 19.7 Å². The number of benzene rings is 1. The molecule has 1 aromatic carbocycles. The highest BCUT2D eigenvalue weighted by Crippen LogP contribution is 2.41. The average molecular weight is 291 g/mol. The molecular formula is C13H13N3O5. The summed E-state index contributed by atoms with van der Waals surface area (Å²) in [6.07, 6.45) is 1.74. The van der Waals surface area contributed by atoms with E-state index in [2.05, 4.69) is 5.32 Å². The summed E-state index contributed by atoms with van der Waals surface area (Å²) in [5.74, 6) is -1.26. The monoisotopic (exact) mass is 291 g/mol. The predicted octanol–water partition coefficient (Wildman–Crippen LogP) is 1.14. The van der Waals surface area contributed by atoms with Crippen LogP contribution in [-0.2, 0) is 16.0 Å². The number of rotatable bonds is 5. The molecule has 1 aromatic rings. The Morgan fingerprint density at radius 2 is 2.19 bits per heavy atom. The van der Waals surface area contributed by atoms with E-state index in [4.69, 9.17) is 5.11 Å². The van der Waals surface area contributed by atoms with Gasteiger partial charge in [-0.25, -0.2) is 0 Å². The third kappa shape index (κ3) is 2.51. The fraction of sp³-hybridized carbons (Fsp3) is 0.385. The molecule has 3 rings (SSSR count). The van der Waals surface area contributed by atoms with Gasteiger partial charge in [-0.2, -0.15) is 0 Å². The summed E-state index contributed by atoms with van der Waals surface area (Å²) >= 11 is 0. The van der Waals surface area contributed by atoms with Crippen LogP contribution in [0.2, 0.25) is 0 Å². The second kappa shape index (κ2) is 4.72. The number of hydrogen-bond acceptors (Lipinski definition) is 5. The normalized spacial score (nSPS) is 16.3. The van der Waals surface area contributed by atoms with Crippen molar-refractivity contribution in [1.82, 2.24) is 0 Å². The Balaban J connectivity index is 2.07. The quantitative estimate of drug-likeness (QED) is 0.621. The molecule has 1 saturated carbocycles. The Morgan fingerprint density at radius 3 is 2.76 bits per heavy atom. The summed E-state index contributed by atoms with van der Waals surface area (Å²) in [5, 5.41) is 22.9. The number of fused-ring (bicyclic) bond motifs is 1. The Hall–Kier alpha value is -2.64. The van der Waals surface area contributed by atoms with Gasteiger partial charge in [0.05, 0.1) is 11.3 Å². The SMILES string of the molecule is O=C(O)CN(c1cc2c(cc1[N+](=O)[O-])CC(=O)N2)C1CC1. The number of anilines is 2. The van der Waals surface area contributed by atoms with Crippen LogP contribution in [0.1, 0.15) is 18.4 Å². The van der Waals surface area contributed by atoms with Crippen LogP contribution in [0, 0.1) is 10.1 Å². The predicted molar refractivity (Wildman–Crippen MR) is 73.4 cm³/mol. The van der Waals surface area contributed by atoms with Crippen LogP contribution >= 0.6 is 0 Å². The Labute approximate surface area is 119 Å². The number of carboxylic acids is 1. The van der Waals surface area contributed by atoms with Crippen LogP contribution in [0.5, 0.6) is 0 Å². The smallest absolute Gasteiger partial charge is 0.323 e. The van der Waals surface area contributed by atoms with Crippen molar-refractivity contribution < 1.29 is 19.6 Å². The topological polar surface area (TPSA) is 113 Å². The van der Waals surface area contributed by atoms with Crippen LogP contribution < -0.4 is 10.2 Å². The van der Waals surface area contributed by atoms with Crippen molar-refractivity contribution in [2.75, 3.05) is 16.8 Å². The van der Waals surface area contributed by atoms with Gasteiger partial charge in [-0.15, -0.1) is 0 Å². The van der Waals surface area contributed by atoms with Crippen molar-refractivity contribution in [1.29, 1.82) is 0 Å². The number of hydrogen-bond donors (Lipinski definition) is 2. The number of nitrogens with one attached hydrogen (secondary N) is 1. The standard InChI is InChI=1S/C13H13N3O5/c17-12-4-7-3-11(16(20)21)10(5-9(7)14-12)15(6-13(18)19)8-1-2-8/h3,5,8H,1-2,4,6H2,(H,14,17)(H,18,19). The highest BCUT2D eigenvalue weighted by atomic mass is 16.6. The third-order valence-corrected chi connectivity index (χ3v) is 3.62. The number of carbonyl (C=O) groups excluding carboxylic acids is 1. The molecule has 0 radical (unpaired) electrons. The maximum Gasteiger partial charge on any atom is 0.323 e. The largest absolute Gasteiger partial charge is 0.480 e. The fourth-order valence-corrected chi connectivity index (χ4v) is 2.57. The van der Waals surface area contributed by atoms with E-state index in [1.165, 1.54) is 17.0 Å². The highest BCUT2D eigenvalue weighted by Gasteiger charge is 2.35. The molecule has 0 spiro atoms. The molecule has 0 bridgehead atoms. The molecule has 1 fully saturated rings. The minimum Gasteiger partial charge on any atom is -0.480 e. The van der Waals surface area contributed by atoms with Crippen molar-refractivity contribution in [3.63, 3.8) is 0 Å². The number of carbonyl (C=O) groups is 2. The molecule has 2 N–H and O–H groups in total. The first-order chi connectivity index (χ1) is 9.95. The lowest BCUT2D eigenvalue weighted by Gasteiger charge is -2.22. The van der Waals surface area contributed by atoms with Crippen molar-refractivity contribution in [2.24, 2.45) is 0 Å². The molecule has 0 unspecified atom stereocenters. The van der Waals surface area contributed by atoms with Crippen molar-refractivity contribution in [3.8, 4) is 0 Å². The average Bonchev–Trinajstić information content (AvgIpc) is 3.15. The zero-order chi connectivity index (χ0) is 15.1. The number of nitro groups is 1. The van der Waals surface area contributed by atoms with Crippen LogP contribution in [-0.4, -0.2) is 34.5 Å². The Morgan fingerprint density at radius 1 is 1.48 bits per heavy atom. The third-order valence-electron chi connectivity index (χ3n) is 3.62. The van der Waals surface area contributed by atoms with E-state index in [0.717, 1.165) is 12.8 Å². The molecule has 110 valence electrons. The Kier molecular flexibility index (Phi) is 3.00. The summed E-state index contributed by atoms with van der Waals surface area (Å²) in [6.45, 7) is -0.293. The zero-order valence-corrected chi connectivity index (χ0v) is 11.0. The van der Waals surface area contributed by atoms with Gasteiger partial charge >= 0.3 is 5.97 Å². The van der Waals surface area contributed by atoms with E-state index in [1.807, 2.05) is 0 Å². The summed E-state index contributed by atoms with van der Waals surface area (Å²) in [5.41, 5.74) is 1.20. The highest BCUT2D eigenvalue weighted by molar-refractivity contribution is 6.00. The molecule has 0 saturated heterocycles. The molecular weight excluding hydrogens is 278 g/mol. The van der Waals surface area contributed by atoms with E-state index in [0.29, 0.717) is 11.3 Å². The van der Waals surface area contributed by atoms with E-state index < -0.39 is 10.9 Å². The second-order valence-corrected chi connectivity index (χ2v) is 5.23. The molecule has 1 heterocycles. The maximum atomic E-state index is 11.4. The molecule has 1 aliphatic heterocycles. The summed E-state index contributed by atoms with van der Waals surface area (Å²) in [6, 6.07) is 2.88. The number of nitrogens with zero attached hydrogens (tertiary/aromatic N) is 2. The molecule has 2 aliphatic rings. The number of nitro benzene ring substituents is 1. The van der Waals surface area contributed by atoms with Crippen LogP contribution in [0.25, 0.3) is 0 Å². The van der Waals surface area contributed by atoms with E-state index >= 15 is 0 Å². The lowest BCUT2D eigenvalue weighted by atomic mass is 10.1. The minimum absolute atomic E-state index is 0.00922. The van der Waals surface area contributed by atoms with Gasteiger partial charge in [-0.1, -0.05) is 0 Å². The lowest BCUT2D eigenvalue weighted by molar-refractivity contribution is -0.384. The van der Waals surface area contributed by atoms with Crippen molar-refractivity contribution in [3.05, 3.63) is 27.8 Å². The fourth-order valence-electron chi connectivity index (χ4n) is 2.57. The summed E-state index contributed by atoms with van der Waals surface area (Å²) in [4.78, 5) is 34.7. The number of amides is 1. The number of carboxylic acid groups (broad SMARTS) is 1. The zero-order valence-electron chi connectivity index (χ0n) is 11.0. The molecule has 21 heavy (non-hydrogen) atoms. The first-order valence-corrected chi connectivity index (χ1v) is 6.55. The summed E-state index contributed by atoms with van der Waals surface area (Å²) < 4.78 is 0. The van der Waals surface area contributed by atoms with Gasteiger partial charge in [0.2, 0.25) is 5.91 Å².